The summed E-state index contributed by atoms with van der Waals surface area (Å²) in [4.78, 5) is 0. The summed E-state index contributed by atoms with van der Waals surface area (Å²) in [5.74, 6) is 0. The molecule has 0 aromatic heterocycles. The minimum absolute atomic E-state index is 0.336. The molecule has 2 bridgehead atoms. The molecule has 0 aliphatic carbocycles. The summed E-state index contributed by atoms with van der Waals surface area (Å²) in [6, 6.07) is 0. The van der Waals surface area contributed by atoms with Gasteiger partial charge in [0.2, 0.25) is 0 Å². The van der Waals surface area contributed by atoms with E-state index in [0.717, 1.165) is 23.3 Å². The van der Waals surface area contributed by atoms with Crippen LogP contribution in [0.2, 0.25) is 0 Å². The van der Waals surface area contributed by atoms with Crippen LogP contribution in [0.25, 0.3) is 0 Å². The maximum Gasteiger partial charge on any atom is 0.0640 e. The lowest BCUT2D eigenvalue weighted by molar-refractivity contribution is 0.0433. The lowest BCUT2D eigenvalue weighted by Crippen LogP contribution is -2.33. The molecule has 1 unspecified atom stereocenters. The van der Waals surface area contributed by atoms with Gasteiger partial charge in [0.15, 0.2) is 0 Å². The van der Waals surface area contributed by atoms with Gasteiger partial charge in [-0.05, 0) is 32.6 Å². The summed E-state index contributed by atoms with van der Waals surface area (Å²) in [7, 11) is 0. The third kappa shape index (κ3) is 1.19. The molecule has 2 aliphatic heterocycles. The summed E-state index contributed by atoms with van der Waals surface area (Å²) in [5, 5.41) is 11.3. The molecule has 2 rings (SSSR count). The van der Waals surface area contributed by atoms with Crippen LogP contribution in [0.15, 0.2) is 0 Å². The number of fused-ring (bicyclic) bond motifs is 2. The van der Waals surface area contributed by atoms with E-state index in [4.69, 9.17) is 0 Å². The molecule has 2 saturated heterocycles. The van der Waals surface area contributed by atoms with Gasteiger partial charge in [-0.15, -0.1) is 0 Å². The minimum atomic E-state index is -0.336. The van der Waals surface area contributed by atoms with Crippen molar-refractivity contribution in [3.05, 3.63) is 0 Å². The zero-order valence-corrected chi connectivity index (χ0v) is 7.16. The Bertz CT molecular complexity index is 130. The summed E-state index contributed by atoms with van der Waals surface area (Å²) >= 11 is 2.09. The van der Waals surface area contributed by atoms with E-state index in [1.807, 2.05) is 6.92 Å². The smallest absolute Gasteiger partial charge is 0.0640 e. The first-order valence-electron chi connectivity index (χ1n) is 4.04. The van der Waals surface area contributed by atoms with Crippen LogP contribution in [0.1, 0.15) is 32.6 Å². The molecule has 58 valence electrons. The second-order valence-electron chi connectivity index (χ2n) is 3.86. The predicted molar refractivity (Wildman–Crippen MR) is 44.3 cm³/mol. The fourth-order valence-electron chi connectivity index (χ4n) is 2.14. The quantitative estimate of drug-likeness (QED) is 0.580. The monoisotopic (exact) mass is 158 g/mol. The lowest BCUT2D eigenvalue weighted by Gasteiger charge is -2.32. The third-order valence-corrected chi connectivity index (χ3v) is 4.10. The van der Waals surface area contributed by atoms with E-state index >= 15 is 0 Å². The van der Waals surface area contributed by atoms with E-state index in [1.54, 1.807) is 0 Å². The number of hydrogen-bond acceptors (Lipinski definition) is 2. The predicted octanol–water partition coefficient (Wildman–Crippen LogP) is 1.80. The fourth-order valence-corrected chi connectivity index (χ4v) is 4.14. The van der Waals surface area contributed by atoms with E-state index in [2.05, 4.69) is 11.8 Å². The summed E-state index contributed by atoms with van der Waals surface area (Å²) in [6.07, 6.45) is 4.72. The molecule has 0 aromatic carbocycles. The number of aliphatic hydroxyl groups is 1. The Labute approximate surface area is 66.2 Å². The largest absolute Gasteiger partial charge is 0.390 e. The Balaban J connectivity index is 2.09. The maximum atomic E-state index is 9.74. The number of thioether (sulfide) groups is 1. The average Bonchev–Trinajstić information content (AvgIpc) is 2.08. The minimum Gasteiger partial charge on any atom is -0.390 e. The van der Waals surface area contributed by atoms with Crippen LogP contribution in [-0.2, 0) is 0 Å². The highest BCUT2D eigenvalue weighted by atomic mass is 32.2. The highest BCUT2D eigenvalue weighted by molar-refractivity contribution is 8.00. The van der Waals surface area contributed by atoms with Crippen molar-refractivity contribution in [2.24, 2.45) is 0 Å². The highest BCUT2D eigenvalue weighted by Gasteiger charge is 2.40. The molecule has 2 fully saturated rings. The second-order valence-corrected chi connectivity index (χ2v) is 5.47. The molecule has 0 spiro atoms. The highest BCUT2D eigenvalue weighted by Crippen LogP contribution is 2.47. The first-order chi connectivity index (χ1) is 4.66. The Hall–Kier alpha value is 0.310. The Morgan fingerprint density at radius 2 is 1.80 bits per heavy atom. The zero-order chi connectivity index (χ0) is 7.19. The van der Waals surface area contributed by atoms with Crippen LogP contribution in [0.3, 0.4) is 0 Å². The Kier molecular flexibility index (Phi) is 1.50. The van der Waals surface area contributed by atoms with Crippen LogP contribution in [0.5, 0.6) is 0 Å². The molecule has 1 N–H and O–H groups in total. The normalized spacial score (nSPS) is 53.4. The fraction of sp³-hybridized carbons (Fsp3) is 1.00. The van der Waals surface area contributed by atoms with E-state index in [9.17, 15) is 5.11 Å². The van der Waals surface area contributed by atoms with Gasteiger partial charge >= 0.3 is 0 Å². The van der Waals surface area contributed by atoms with Crippen molar-refractivity contribution >= 4 is 11.8 Å². The van der Waals surface area contributed by atoms with Crippen LogP contribution in [-0.4, -0.2) is 21.2 Å². The molecule has 10 heavy (non-hydrogen) atoms. The molecular weight excluding hydrogens is 144 g/mol. The van der Waals surface area contributed by atoms with Crippen molar-refractivity contribution in [2.75, 3.05) is 0 Å². The van der Waals surface area contributed by atoms with Gasteiger partial charge in [-0.3, -0.25) is 0 Å². The van der Waals surface area contributed by atoms with Gasteiger partial charge in [-0.2, -0.15) is 11.8 Å². The first-order valence-corrected chi connectivity index (χ1v) is 4.98. The zero-order valence-electron chi connectivity index (χ0n) is 6.34. The molecule has 0 amide bonds. The lowest BCUT2D eigenvalue weighted by atomic mass is 9.96. The van der Waals surface area contributed by atoms with Gasteiger partial charge < -0.3 is 5.11 Å². The standard InChI is InChI=1S/C8H14OS/c1-8(9)4-6-2-3-7(5-8)10-6/h6-7,9H,2-5H2,1H3/t6-,7+,8?. The molecular formula is C8H14OS. The molecule has 2 aliphatic rings. The molecule has 2 heteroatoms. The van der Waals surface area contributed by atoms with Gasteiger partial charge in [-0.1, -0.05) is 0 Å². The summed E-state index contributed by atoms with van der Waals surface area (Å²) < 4.78 is 0. The van der Waals surface area contributed by atoms with Gasteiger partial charge in [-0.25, -0.2) is 0 Å². The average molecular weight is 158 g/mol. The molecule has 1 nitrogen and oxygen atoms in total. The third-order valence-electron chi connectivity index (χ3n) is 2.53. The number of hydrogen-bond donors (Lipinski definition) is 1. The van der Waals surface area contributed by atoms with E-state index in [1.165, 1.54) is 12.8 Å². The van der Waals surface area contributed by atoms with Crippen molar-refractivity contribution in [3.63, 3.8) is 0 Å². The van der Waals surface area contributed by atoms with E-state index < -0.39 is 0 Å². The van der Waals surface area contributed by atoms with Gasteiger partial charge in [0.05, 0.1) is 5.60 Å². The van der Waals surface area contributed by atoms with Gasteiger partial charge in [0.25, 0.3) is 0 Å². The van der Waals surface area contributed by atoms with Crippen molar-refractivity contribution < 1.29 is 5.11 Å². The first kappa shape index (κ1) is 6.99. The Morgan fingerprint density at radius 1 is 1.30 bits per heavy atom. The van der Waals surface area contributed by atoms with Crippen LogP contribution < -0.4 is 0 Å². The summed E-state index contributed by atoms with van der Waals surface area (Å²) in [6.45, 7) is 1.98. The molecule has 0 saturated carbocycles. The van der Waals surface area contributed by atoms with Crippen LogP contribution in [0, 0.1) is 0 Å². The second kappa shape index (κ2) is 2.15. The SMILES string of the molecule is CC1(O)C[C@H]2CC[C@@H](C1)S2. The summed E-state index contributed by atoms with van der Waals surface area (Å²) in [5.41, 5.74) is -0.336. The van der Waals surface area contributed by atoms with Crippen molar-refractivity contribution in [2.45, 2.75) is 48.7 Å². The van der Waals surface area contributed by atoms with Crippen molar-refractivity contribution in [1.29, 1.82) is 0 Å². The van der Waals surface area contributed by atoms with Crippen LogP contribution in [0.4, 0.5) is 0 Å². The van der Waals surface area contributed by atoms with Crippen LogP contribution >= 0.6 is 11.8 Å². The van der Waals surface area contributed by atoms with E-state index in [-0.39, 0.29) is 5.60 Å². The topological polar surface area (TPSA) is 20.2 Å². The van der Waals surface area contributed by atoms with Crippen molar-refractivity contribution in [1.82, 2.24) is 0 Å². The molecule has 2 heterocycles. The van der Waals surface area contributed by atoms with Gasteiger partial charge in [0.1, 0.15) is 0 Å². The molecule has 0 radical (unpaired) electrons. The van der Waals surface area contributed by atoms with Crippen molar-refractivity contribution in [3.8, 4) is 0 Å². The molecule has 0 aromatic rings. The number of rotatable bonds is 0. The van der Waals surface area contributed by atoms with E-state index in [0.29, 0.717) is 0 Å². The van der Waals surface area contributed by atoms with Gasteiger partial charge in [0, 0.05) is 10.5 Å². The molecule has 3 atom stereocenters. The Morgan fingerprint density at radius 3 is 2.30 bits per heavy atom. The maximum absolute atomic E-state index is 9.74.